The summed E-state index contributed by atoms with van der Waals surface area (Å²) >= 11 is 0. The molecule has 1 saturated heterocycles. The van der Waals surface area contributed by atoms with Crippen LogP contribution < -0.4 is 0 Å². The van der Waals surface area contributed by atoms with Crippen LogP contribution in [0.5, 0.6) is 0 Å². The maximum atomic E-state index is 12.7. The third-order valence-electron chi connectivity index (χ3n) is 4.47. The van der Waals surface area contributed by atoms with Crippen molar-refractivity contribution in [1.82, 2.24) is 20.3 Å². The van der Waals surface area contributed by atoms with Crippen LogP contribution in [0.3, 0.4) is 0 Å². The van der Waals surface area contributed by atoms with Gasteiger partial charge in [0.15, 0.2) is 0 Å². The number of aromatic amines is 1. The lowest BCUT2D eigenvalue weighted by atomic mass is 9.98. The number of H-pyrrole nitrogens is 1. The van der Waals surface area contributed by atoms with Gasteiger partial charge in [-0.1, -0.05) is 5.16 Å². The molecule has 118 valence electrons. The predicted octanol–water partition coefficient (Wildman–Crippen LogP) is 2.70. The van der Waals surface area contributed by atoms with E-state index in [4.69, 9.17) is 4.52 Å². The van der Waals surface area contributed by atoms with Gasteiger partial charge in [0.1, 0.15) is 5.76 Å². The summed E-state index contributed by atoms with van der Waals surface area (Å²) in [5.74, 6) is 1.01. The zero-order valence-corrected chi connectivity index (χ0v) is 13.1. The molecular weight excluding hydrogens is 280 g/mol. The van der Waals surface area contributed by atoms with Gasteiger partial charge in [-0.3, -0.25) is 9.89 Å². The number of carbonyl (C=O) groups is 1. The number of likely N-dealkylation sites (tertiary alicyclic amines) is 1. The second-order valence-electron chi connectivity index (χ2n) is 5.91. The van der Waals surface area contributed by atoms with Crippen LogP contribution in [0.2, 0.25) is 0 Å². The molecule has 0 saturated carbocycles. The SMILES string of the molecule is Cc1noc(C)c1CCC(=O)N1CCCC[C@H]1c1ccn[nH]1. The third-order valence-corrected chi connectivity index (χ3v) is 4.47. The Bertz CT molecular complexity index is 613. The molecule has 0 unspecified atom stereocenters. The number of carbonyl (C=O) groups excluding carboxylic acids is 1. The fraction of sp³-hybridized carbons (Fsp3) is 0.562. The molecule has 6 nitrogen and oxygen atoms in total. The molecule has 1 atom stereocenters. The molecule has 0 spiro atoms. The summed E-state index contributed by atoms with van der Waals surface area (Å²) in [7, 11) is 0. The molecule has 1 aliphatic rings. The Morgan fingerprint density at radius 3 is 3.00 bits per heavy atom. The summed E-state index contributed by atoms with van der Waals surface area (Å²) in [6.07, 6.45) is 6.15. The summed E-state index contributed by atoms with van der Waals surface area (Å²) in [6, 6.07) is 2.10. The number of aromatic nitrogens is 3. The quantitative estimate of drug-likeness (QED) is 0.942. The lowest BCUT2D eigenvalue weighted by molar-refractivity contribution is -0.135. The number of nitrogens with one attached hydrogen (secondary N) is 1. The van der Waals surface area contributed by atoms with Crippen LogP contribution in [-0.4, -0.2) is 32.7 Å². The Labute approximate surface area is 129 Å². The minimum Gasteiger partial charge on any atom is -0.361 e. The molecule has 0 bridgehead atoms. The van der Waals surface area contributed by atoms with Gasteiger partial charge >= 0.3 is 0 Å². The first-order chi connectivity index (χ1) is 10.7. The summed E-state index contributed by atoms with van der Waals surface area (Å²) in [5.41, 5.74) is 2.97. The van der Waals surface area contributed by atoms with E-state index in [0.29, 0.717) is 12.8 Å². The third kappa shape index (κ3) is 2.91. The second kappa shape index (κ2) is 6.34. The Morgan fingerprint density at radius 2 is 2.32 bits per heavy atom. The van der Waals surface area contributed by atoms with Crippen molar-refractivity contribution in [2.24, 2.45) is 0 Å². The molecule has 0 aliphatic carbocycles. The lowest BCUT2D eigenvalue weighted by Gasteiger charge is -2.35. The molecule has 1 N–H and O–H groups in total. The van der Waals surface area contributed by atoms with Gasteiger partial charge in [-0.25, -0.2) is 0 Å². The fourth-order valence-electron chi connectivity index (χ4n) is 3.24. The molecule has 1 amide bonds. The number of rotatable bonds is 4. The van der Waals surface area contributed by atoms with Crippen molar-refractivity contribution in [1.29, 1.82) is 0 Å². The first kappa shape index (κ1) is 14.8. The van der Waals surface area contributed by atoms with Crippen LogP contribution in [0.4, 0.5) is 0 Å². The zero-order chi connectivity index (χ0) is 15.5. The second-order valence-corrected chi connectivity index (χ2v) is 5.91. The highest BCUT2D eigenvalue weighted by molar-refractivity contribution is 5.77. The van der Waals surface area contributed by atoms with Crippen molar-refractivity contribution in [2.75, 3.05) is 6.54 Å². The molecule has 0 aromatic carbocycles. The molecule has 3 heterocycles. The first-order valence-electron chi connectivity index (χ1n) is 7.87. The van der Waals surface area contributed by atoms with Crippen LogP contribution in [0.1, 0.15) is 54.4 Å². The standard InChI is InChI=1S/C16H22N4O2/c1-11-13(12(2)22-19-11)6-7-16(21)20-10-4-3-5-15(20)14-8-9-17-18-14/h8-9,15H,3-7,10H2,1-2H3,(H,17,18)/t15-/m0/s1. The van der Waals surface area contributed by atoms with Crippen molar-refractivity contribution in [3.05, 3.63) is 35.0 Å². The highest BCUT2D eigenvalue weighted by Gasteiger charge is 2.28. The van der Waals surface area contributed by atoms with E-state index < -0.39 is 0 Å². The van der Waals surface area contributed by atoms with E-state index >= 15 is 0 Å². The molecule has 2 aromatic rings. The smallest absolute Gasteiger partial charge is 0.223 e. The Hall–Kier alpha value is -2.11. The number of aryl methyl sites for hydroxylation is 2. The lowest BCUT2D eigenvalue weighted by Crippen LogP contribution is -2.38. The fourth-order valence-corrected chi connectivity index (χ4v) is 3.24. The van der Waals surface area contributed by atoms with Gasteiger partial charge in [0.2, 0.25) is 5.91 Å². The average molecular weight is 302 g/mol. The number of hydrogen-bond acceptors (Lipinski definition) is 4. The minimum absolute atomic E-state index is 0.133. The Kier molecular flexibility index (Phi) is 4.27. The van der Waals surface area contributed by atoms with Gasteiger partial charge in [0.25, 0.3) is 0 Å². The van der Waals surface area contributed by atoms with Gasteiger partial charge in [-0.15, -0.1) is 0 Å². The summed E-state index contributed by atoms with van der Waals surface area (Å²) in [5, 5.41) is 11.0. The predicted molar refractivity (Wildman–Crippen MR) is 81.2 cm³/mol. The maximum Gasteiger partial charge on any atom is 0.223 e. The van der Waals surface area contributed by atoms with E-state index in [2.05, 4.69) is 15.4 Å². The highest BCUT2D eigenvalue weighted by Crippen LogP contribution is 2.30. The van der Waals surface area contributed by atoms with Crippen molar-refractivity contribution in [3.63, 3.8) is 0 Å². The van der Waals surface area contributed by atoms with E-state index in [0.717, 1.165) is 48.5 Å². The van der Waals surface area contributed by atoms with Gasteiger partial charge < -0.3 is 9.42 Å². The number of amides is 1. The summed E-state index contributed by atoms with van der Waals surface area (Å²) < 4.78 is 5.16. The number of hydrogen-bond donors (Lipinski definition) is 1. The minimum atomic E-state index is 0.133. The zero-order valence-electron chi connectivity index (χ0n) is 13.1. The number of piperidine rings is 1. The molecule has 3 rings (SSSR count). The van der Waals surface area contributed by atoms with Crippen molar-refractivity contribution in [2.45, 2.75) is 52.0 Å². The monoisotopic (exact) mass is 302 g/mol. The van der Waals surface area contributed by atoms with Gasteiger partial charge in [0.05, 0.1) is 17.4 Å². The van der Waals surface area contributed by atoms with Crippen molar-refractivity contribution in [3.8, 4) is 0 Å². The van der Waals surface area contributed by atoms with Crippen LogP contribution in [0.15, 0.2) is 16.8 Å². The van der Waals surface area contributed by atoms with Crippen molar-refractivity contribution < 1.29 is 9.32 Å². The molecule has 0 radical (unpaired) electrons. The first-order valence-corrected chi connectivity index (χ1v) is 7.87. The summed E-state index contributed by atoms with van der Waals surface area (Å²) in [4.78, 5) is 14.7. The molecular formula is C16H22N4O2. The molecule has 6 heteroatoms. The molecule has 2 aromatic heterocycles. The van der Waals surface area contributed by atoms with E-state index in [1.807, 2.05) is 24.8 Å². The van der Waals surface area contributed by atoms with Gasteiger partial charge in [-0.05, 0) is 45.6 Å². The highest BCUT2D eigenvalue weighted by atomic mass is 16.5. The van der Waals surface area contributed by atoms with Crippen LogP contribution in [0, 0.1) is 13.8 Å². The van der Waals surface area contributed by atoms with Gasteiger partial charge in [0, 0.05) is 24.7 Å². The summed E-state index contributed by atoms with van der Waals surface area (Å²) in [6.45, 7) is 4.64. The molecule has 22 heavy (non-hydrogen) atoms. The van der Waals surface area contributed by atoms with Crippen molar-refractivity contribution >= 4 is 5.91 Å². The van der Waals surface area contributed by atoms with Gasteiger partial charge in [-0.2, -0.15) is 5.10 Å². The van der Waals surface area contributed by atoms with E-state index in [1.165, 1.54) is 0 Å². The Morgan fingerprint density at radius 1 is 1.45 bits per heavy atom. The van der Waals surface area contributed by atoms with Crippen LogP contribution in [-0.2, 0) is 11.2 Å². The van der Waals surface area contributed by atoms with Crippen LogP contribution in [0.25, 0.3) is 0 Å². The largest absolute Gasteiger partial charge is 0.361 e. The Balaban J connectivity index is 1.67. The molecule has 1 fully saturated rings. The number of nitrogens with zero attached hydrogens (tertiary/aromatic N) is 3. The van der Waals surface area contributed by atoms with E-state index in [-0.39, 0.29) is 11.9 Å². The average Bonchev–Trinajstić information content (AvgIpc) is 3.16. The van der Waals surface area contributed by atoms with Crippen LogP contribution >= 0.6 is 0 Å². The molecule has 1 aliphatic heterocycles. The van der Waals surface area contributed by atoms with E-state index in [1.54, 1.807) is 6.20 Å². The van der Waals surface area contributed by atoms with E-state index in [9.17, 15) is 4.79 Å². The maximum absolute atomic E-state index is 12.7. The topological polar surface area (TPSA) is 75.0 Å². The normalized spacial score (nSPS) is 18.6.